The lowest BCUT2D eigenvalue weighted by atomic mass is 9.88. The summed E-state index contributed by atoms with van der Waals surface area (Å²) < 4.78 is 5.18. The summed E-state index contributed by atoms with van der Waals surface area (Å²) in [4.78, 5) is 24.3. The molecule has 2 aromatic rings. The normalized spacial score (nSPS) is 13.5. The van der Waals surface area contributed by atoms with E-state index in [1.807, 2.05) is 63.2 Å². The van der Waals surface area contributed by atoms with E-state index >= 15 is 0 Å². The zero-order chi connectivity index (χ0) is 18.7. The lowest BCUT2D eigenvalue weighted by Gasteiger charge is -2.20. The summed E-state index contributed by atoms with van der Waals surface area (Å²) in [5.41, 5.74) is 2.05. The van der Waals surface area contributed by atoms with Gasteiger partial charge >= 0.3 is 6.09 Å². The van der Waals surface area contributed by atoms with E-state index in [-0.39, 0.29) is 5.78 Å². The Kier molecular flexibility index (Phi) is 5.09. The van der Waals surface area contributed by atoms with Crippen LogP contribution in [0.15, 0.2) is 42.0 Å². The van der Waals surface area contributed by atoms with Crippen LogP contribution in [-0.2, 0) is 4.74 Å². The van der Waals surface area contributed by atoms with Gasteiger partial charge in [0.2, 0.25) is 0 Å². The number of ketones is 1. The van der Waals surface area contributed by atoms with Gasteiger partial charge in [-0.2, -0.15) is 0 Å². The monoisotopic (exact) mass is 352 g/mol. The number of nitrogens with one attached hydrogen (secondary N) is 2. The van der Waals surface area contributed by atoms with Gasteiger partial charge in [0.15, 0.2) is 5.78 Å². The van der Waals surface area contributed by atoms with Crippen molar-refractivity contribution in [3.05, 3.63) is 53.1 Å². The Balaban J connectivity index is 1.56. The van der Waals surface area contributed by atoms with Crippen molar-refractivity contribution in [3.8, 4) is 0 Å². The molecule has 3 rings (SSSR count). The molecular formula is C21H24N2O3. The van der Waals surface area contributed by atoms with Crippen molar-refractivity contribution >= 4 is 28.7 Å². The molecule has 0 bridgehead atoms. The van der Waals surface area contributed by atoms with Crippen LogP contribution in [0.25, 0.3) is 16.8 Å². The van der Waals surface area contributed by atoms with Crippen LogP contribution in [-0.4, -0.2) is 37.1 Å². The van der Waals surface area contributed by atoms with Crippen LogP contribution < -0.4 is 10.6 Å². The number of Topliss-reactive ketones (excluding diaryl/α,β-unsaturated/α-hetero) is 1. The van der Waals surface area contributed by atoms with E-state index in [0.29, 0.717) is 19.6 Å². The van der Waals surface area contributed by atoms with Crippen LogP contribution in [0.2, 0.25) is 0 Å². The molecule has 5 heteroatoms. The summed E-state index contributed by atoms with van der Waals surface area (Å²) in [7, 11) is 0. The Morgan fingerprint density at radius 1 is 1.08 bits per heavy atom. The van der Waals surface area contributed by atoms with Crippen LogP contribution in [0.4, 0.5) is 4.79 Å². The fourth-order valence-corrected chi connectivity index (χ4v) is 3.03. The molecule has 1 amide bonds. The van der Waals surface area contributed by atoms with Gasteiger partial charge < -0.3 is 15.4 Å². The van der Waals surface area contributed by atoms with Crippen LogP contribution >= 0.6 is 0 Å². The molecule has 0 radical (unpaired) electrons. The highest BCUT2D eigenvalue weighted by molar-refractivity contribution is 6.22. The van der Waals surface area contributed by atoms with Gasteiger partial charge in [-0.05, 0) is 37.8 Å². The lowest BCUT2D eigenvalue weighted by molar-refractivity contribution is 0.0528. The first-order valence-electron chi connectivity index (χ1n) is 8.80. The van der Waals surface area contributed by atoms with Gasteiger partial charge in [0.25, 0.3) is 0 Å². The van der Waals surface area contributed by atoms with Crippen LogP contribution in [0.3, 0.4) is 0 Å². The fraction of sp³-hybridized carbons (Fsp3) is 0.333. The molecule has 1 aliphatic rings. The summed E-state index contributed by atoms with van der Waals surface area (Å²) in [6.07, 6.45) is 1.51. The number of benzene rings is 2. The zero-order valence-corrected chi connectivity index (χ0v) is 15.4. The first kappa shape index (κ1) is 18.1. The Labute approximate surface area is 153 Å². The van der Waals surface area contributed by atoms with Crippen LogP contribution in [0.1, 0.15) is 36.7 Å². The number of rotatable bonds is 5. The largest absolute Gasteiger partial charge is 0.444 e. The number of carbonyl (C=O) groups excluding carboxylic acids is 2. The van der Waals surface area contributed by atoms with E-state index in [0.717, 1.165) is 27.5 Å². The zero-order valence-electron chi connectivity index (χ0n) is 15.4. The molecule has 0 spiro atoms. The first-order valence-corrected chi connectivity index (χ1v) is 8.80. The van der Waals surface area contributed by atoms with E-state index in [9.17, 15) is 9.59 Å². The maximum absolute atomic E-state index is 12.7. The molecule has 0 atom stereocenters. The molecule has 0 heterocycles. The minimum absolute atomic E-state index is 0.0573. The molecule has 0 unspecified atom stereocenters. The standard InChI is InChI=1S/C21H24N2O3/c1-21(2,3)26-20(25)23-11-10-22-13-16-12-15-8-4-6-14-7-5-9-17(18(14)15)19(16)24/h4-9,12,22H,10-11,13H2,1-3H3,(H,23,25). The number of alkyl carbamates (subject to hydrolysis) is 1. The maximum Gasteiger partial charge on any atom is 0.407 e. The van der Waals surface area contributed by atoms with Crippen molar-refractivity contribution in [2.45, 2.75) is 26.4 Å². The summed E-state index contributed by atoms with van der Waals surface area (Å²) in [6, 6.07) is 11.9. The molecule has 1 aliphatic carbocycles. The van der Waals surface area contributed by atoms with Gasteiger partial charge in [-0.25, -0.2) is 4.79 Å². The third-order valence-corrected chi connectivity index (χ3v) is 4.09. The third-order valence-electron chi connectivity index (χ3n) is 4.09. The number of carbonyl (C=O) groups is 2. The van der Waals surface area contributed by atoms with E-state index in [2.05, 4.69) is 10.6 Å². The summed E-state index contributed by atoms with van der Waals surface area (Å²) in [5, 5.41) is 8.00. The molecule has 2 aromatic carbocycles. The first-order chi connectivity index (χ1) is 12.3. The average molecular weight is 352 g/mol. The second-order valence-corrected chi connectivity index (χ2v) is 7.36. The van der Waals surface area contributed by atoms with Gasteiger partial charge in [0.05, 0.1) is 0 Å². The molecule has 0 aliphatic heterocycles. The molecular weight excluding hydrogens is 328 g/mol. The number of ether oxygens (including phenoxy) is 1. The summed E-state index contributed by atoms with van der Waals surface area (Å²) in [5.74, 6) is 0.0573. The SMILES string of the molecule is CC(C)(C)OC(=O)NCCNCC1=Cc2cccc3cccc(c23)C1=O. The third kappa shape index (κ3) is 4.11. The highest BCUT2D eigenvalue weighted by Crippen LogP contribution is 2.30. The van der Waals surface area contributed by atoms with Crippen molar-refractivity contribution in [3.63, 3.8) is 0 Å². The van der Waals surface area contributed by atoms with Crippen molar-refractivity contribution in [2.75, 3.05) is 19.6 Å². The molecule has 0 fully saturated rings. The Bertz CT molecular complexity index is 873. The van der Waals surface area contributed by atoms with Crippen molar-refractivity contribution in [1.29, 1.82) is 0 Å². The fourth-order valence-electron chi connectivity index (χ4n) is 3.03. The van der Waals surface area contributed by atoms with Crippen LogP contribution in [0, 0.1) is 0 Å². The average Bonchev–Trinajstić information content (AvgIpc) is 2.57. The van der Waals surface area contributed by atoms with Crippen molar-refractivity contribution in [1.82, 2.24) is 10.6 Å². The Hall–Kier alpha value is -2.66. The van der Waals surface area contributed by atoms with Gasteiger partial charge in [-0.15, -0.1) is 0 Å². The van der Waals surface area contributed by atoms with E-state index in [1.165, 1.54) is 0 Å². The Morgan fingerprint density at radius 2 is 1.81 bits per heavy atom. The van der Waals surface area contributed by atoms with Crippen molar-refractivity contribution < 1.29 is 14.3 Å². The highest BCUT2D eigenvalue weighted by atomic mass is 16.6. The van der Waals surface area contributed by atoms with E-state index in [4.69, 9.17) is 4.74 Å². The van der Waals surface area contributed by atoms with Gasteiger partial charge in [0, 0.05) is 36.2 Å². The highest BCUT2D eigenvalue weighted by Gasteiger charge is 2.21. The second kappa shape index (κ2) is 7.30. The number of hydrogen-bond donors (Lipinski definition) is 2. The molecule has 0 aromatic heterocycles. The summed E-state index contributed by atoms with van der Waals surface area (Å²) >= 11 is 0. The van der Waals surface area contributed by atoms with Gasteiger partial charge in [0.1, 0.15) is 5.60 Å². The molecule has 5 nitrogen and oxygen atoms in total. The molecule has 0 saturated heterocycles. The molecule has 136 valence electrons. The smallest absolute Gasteiger partial charge is 0.407 e. The van der Waals surface area contributed by atoms with Crippen LogP contribution in [0.5, 0.6) is 0 Å². The Morgan fingerprint density at radius 3 is 2.54 bits per heavy atom. The quantitative estimate of drug-likeness (QED) is 0.808. The number of amides is 1. The van der Waals surface area contributed by atoms with Crippen molar-refractivity contribution in [2.24, 2.45) is 0 Å². The minimum Gasteiger partial charge on any atom is -0.444 e. The predicted molar refractivity (Wildman–Crippen MR) is 103 cm³/mol. The summed E-state index contributed by atoms with van der Waals surface area (Å²) in [6.45, 7) is 6.91. The minimum atomic E-state index is -0.509. The molecule has 0 saturated carbocycles. The molecule has 2 N–H and O–H groups in total. The topological polar surface area (TPSA) is 67.4 Å². The van der Waals surface area contributed by atoms with E-state index in [1.54, 1.807) is 0 Å². The predicted octanol–water partition coefficient (Wildman–Crippen LogP) is 3.53. The van der Waals surface area contributed by atoms with E-state index < -0.39 is 11.7 Å². The van der Waals surface area contributed by atoms with Gasteiger partial charge in [-0.3, -0.25) is 4.79 Å². The molecule has 26 heavy (non-hydrogen) atoms. The second-order valence-electron chi connectivity index (χ2n) is 7.36. The number of hydrogen-bond acceptors (Lipinski definition) is 4. The lowest BCUT2D eigenvalue weighted by Crippen LogP contribution is -2.37. The maximum atomic E-state index is 12.7. The van der Waals surface area contributed by atoms with Gasteiger partial charge in [-0.1, -0.05) is 36.4 Å².